The lowest BCUT2D eigenvalue weighted by molar-refractivity contribution is -0.123. The SMILES string of the molecule is O=C1[C@@H]2[C@@H](N=NN2Cc2nc(-c3ccccc3)no2)C(=O)N1c1cccc(Cl)c1. The van der Waals surface area contributed by atoms with Crippen molar-refractivity contribution in [3.8, 4) is 11.4 Å². The Labute approximate surface area is 169 Å². The molecule has 29 heavy (non-hydrogen) atoms. The molecular weight excluding hydrogens is 396 g/mol. The van der Waals surface area contributed by atoms with Gasteiger partial charge in [0.2, 0.25) is 11.7 Å². The second-order valence-corrected chi connectivity index (χ2v) is 7.00. The van der Waals surface area contributed by atoms with Crippen LogP contribution in [0.2, 0.25) is 5.02 Å². The summed E-state index contributed by atoms with van der Waals surface area (Å²) < 4.78 is 5.29. The van der Waals surface area contributed by atoms with Crippen molar-refractivity contribution in [2.75, 3.05) is 4.90 Å². The summed E-state index contributed by atoms with van der Waals surface area (Å²) in [6.45, 7) is 0.0624. The number of rotatable bonds is 4. The van der Waals surface area contributed by atoms with E-state index in [-0.39, 0.29) is 12.4 Å². The summed E-state index contributed by atoms with van der Waals surface area (Å²) in [6, 6.07) is 14.2. The highest BCUT2D eigenvalue weighted by Gasteiger charge is 2.55. The van der Waals surface area contributed by atoms with E-state index in [2.05, 4.69) is 20.5 Å². The number of halogens is 1. The van der Waals surface area contributed by atoms with E-state index in [0.717, 1.165) is 10.5 Å². The molecule has 1 fully saturated rings. The lowest BCUT2D eigenvalue weighted by Gasteiger charge is -2.19. The predicted octanol–water partition coefficient (Wildman–Crippen LogP) is 2.88. The number of nitrogens with zero attached hydrogens (tertiary/aromatic N) is 6. The van der Waals surface area contributed by atoms with Crippen LogP contribution < -0.4 is 4.90 Å². The fraction of sp³-hybridized carbons (Fsp3) is 0.158. The highest BCUT2D eigenvalue weighted by molar-refractivity contribution is 6.31. The van der Waals surface area contributed by atoms with Gasteiger partial charge in [-0.2, -0.15) is 10.1 Å². The molecule has 2 amide bonds. The van der Waals surface area contributed by atoms with Gasteiger partial charge in [-0.25, -0.2) is 4.90 Å². The number of benzene rings is 2. The third kappa shape index (κ3) is 2.95. The zero-order valence-corrected chi connectivity index (χ0v) is 15.6. The number of carbonyl (C=O) groups is 2. The first kappa shape index (κ1) is 17.5. The third-order valence-corrected chi connectivity index (χ3v) is 4.96. The Morgan fingerprint density at radius 1 is 1.03 bits per heavy atom. The van der Waals surface area contributed by atoms with Crippen molar-refractivity contribution >= 4 is 29.1 Å². The molecular formula is C19H13ClN6O3. The van der Waals surface area contributed by atoms with Gasteiger partial charge in [-0.3, -0.25) is 14.6 Å². The molecule has 10 heteroatoms. The number of fused-ring (bicyclic) bond motifs is 1. The van der Waals surface area contributed by atoms with E-state index in [9.17, 15) is 9.59 Å². The fourth-order valence-corrected chi connectivity index (χ4v) is 3.57. The second-order valence-electron chi connectivity index (χ2n) is 6.56. The molecule has 0 spiro atoms. The predicted molar refractivity (Wildman–Crippen MR) is 102 cm³/mol. The molecule has 2 aliphatic heterocycles. The Hall–Kier alpha value is -3.59. The van der Waals surface area contributed by atoms with E-state index in [1.165, 1.54) is 5.01 Å². The number of aromatic nitrogens is 2. The summed E-state index contributed by atoms with van der Waals surface area (Å²) in [6.07, 6.45) is 0. The number of hydrogen-bond donors (Lipinski definition) is 0. The van der Waals surface area contributed by atoms with Gasteiger partial charge in [-0.15, -0.1) is 0 Å². The van der Waals surface area contributed by atoms with Crippen molar-refractivity contribution in [1.29, 1.82) is 0 Å². The average Bonchev–Trinajstić information content (AvgIpc) is 3.41. The summed E-state index contributed by atoms with van der Waals surface area (Å²) in [4.78, 5) is 31.1. The van der Waals surface area contributed by atoms with Crippen LogP contribution in [0.15, 0.2) is 69.5 Å². The summed E-state index contributed by atoms with van der Waals surface area (Å²) in [5.74, 6) is -0.161. The van der Waals surface area contributed by atoms with Crippen LogP contribution in [0, 0.1) is 0 Å². The zero-order valence-electron chi connectivity index (χ0n) is 14.8. The van der Waals surface area contributed by atoms with Crippen molar-refractivity contribution in [1.82, 2.24) is 15.1 Å². The number of anilines is 1. The smallest absolute Gasteiger partial charge is 0.263 e. The van der Waals surface area contributed by atoms with Crippen LogP contribution in [0.25, 0.3) is 11.4 Å². The van der Waals surface area contributed by atoms with Gasteiger partial charge in [0.25, 0.3) is 11.8 Å². The molecule has 3 aromatic rings. The molecule has 0 unspecified atom stereocenters. The lowest BCUT2D eigenvalue weighted by Crippen LogP contribution is -2.39. The summed E-state index contributed by atoms with van der Waals surface area (Å²) >= 11 is 6.00. The minimum Gasteiger partial charge on any atom is -0.337 e. The Kier molecular flexibility index (Phi) is 4.09. The quantitative estimate of drug-likeness (QED) is 0.615. The summed E-state index contributed by atoms with van der Waals surface area (Å²) in [5, 5.41) is 13.8. The molecule has 2 aromatic carbocycles. The normalized spacial score (nSPS) is 20.6. The summed E-state index contributed by atoms with van der Waals surface area (Å²) in [7, 11) is 0. The molecule has 0 N–H and O–H groups in total. The molecule has 9 nitrogen and oxygen atoms in total. The average molecular weight is 409 g/mol. The Bertz CT molecular complexity index is 1130. The van der Waals surface area contributed by atoms with Crippen LogP contribution in [0.5, 0.6) is 0 Å². The highest BCUT2D eigenvalue weighted by atomic mass is 35.5. The molecule has 2 aliphatic rings. The minimum absolute atomic E-state index is 0.0624. The molecule has 0 radical (unpaired) electrons. The summed E-state index contributed by atoms with van der Waals surface area (Å²) in [5.41, 5.74) is 1.21. The van der Waals surface area contributed by atoms with Crippen molar-refractivity contribution < 1.29 is 14.1 Å². The van der Waals surface area contributed by atoms with E-state index in [4.69, 9.17) is 16.1 Å². The Morgan fingerprint density at radius 2 is 1.86 bits per heavy atom. The molecule has 1 saturated heterocycles. The van der Waals surface area contributed by atoms with E-state index in [1.54, 1.807) is 24.3 Å². The number of hydrogen-bond acceptors (Lipinski definition) is 8. The molecule has 144 valence electrons. The molecule has 0 bridgehead atoms. The fourth-order valence-electron chi connectivity index (χ4n) is 3.39. The van der Waals surface area contributed by atoms with Crippen molar-refractivity contribution in [2.24, 2.45) is 10.3 Å². The monoisotopic (exact) mass is 408 g/mol. The highest BCUT2D eigenvalue weighted by Crippen LogP contribution is 2.33. The van der Waals surface area contributed by atoms with Crippen LogP contribution in [0.3, 0.4) is 0 Å². The van der Waals surface area contributed by atoms with Crippen LogP contribution in [-0.4, -0.2) is 39.0 Å². The van der Waals surface area contributed by atoms with Gasteiger partial charge < -0.3 is 4.52 Å². The molecule has 2 atom stereocenters. The van der Waals surface area contributed by atoms with Crippen molar-refractivity contribution in [3.05, 3.63) is 65.5 Å². The number of amides is 2. The maximum atomic E-state index is 13.0. The van der Waals surface area contributed by atoms with Crippen LogP contribution in [0.1, 0.15) is 5.89 Å². The molecule has 5 rings (SSSR count). The maximum absolute atomic E-state index is 13.0. The molecule has 3 heterocycles. The van der Waals surface area contributed by atoms with Gasteiger partial charge in [0.1, 0.15) is 6.54 Å². The van der Waals surface area contributed by atoms with Crippen molar-refractivity contribution in [2.45, 2.75) is 18.6 Å². The van der Waals surface area contributed by atoms with E-state index < -0.39 is 23.9 Å². The zero-order chi connectivity index (χ0) is 20.0. The minimum atomic E-state index is -0.905. The number of carbonyl (C=O) groups excluding carboxylic acids is 2. The molecule has 0 saturated carbocycles. The van der Waals surface area contributed by atoms with Gasteiger partial charge in [0.05, 0.1) is 5.69 Å². The maximum Gasteiger partial charge on any atom is 0.263 e. The second kappa shape index (κ2) is 6.78. The first-order valence-electron chi connectivity index (χ1n) is 8.80. The molecule has 1 aromatic heterocycles. The first-order valence-corrected chi connectivity index (χ1v) is 9.18. The van der Waals surface area contributed by atoms with E-state index >= 15 is 0 Å². The van der Waals surface area contributed by atoms with E-state index in [1.807, 2.05) is 30.3 Å². The van der Waals surface area contributed by atoms with Gasteiger partial charge in [-0.1, -0.05) is 58.4 Å². The van der Waals surface area contributed by atoms with Crippen LogP contribution in [0.4, 0.5) is 5.69 Å². The van der Waals surface area contributed by atoms with Crippen molar-refractivity contribution in [3.63, 3.8) is 0 Å². The largest absolute Gasteiger partial charge is 0.337 e. The van der Waals surface area contributed by atoms with Crippen LogP contribution >= 0.6 is 11.6 Å². The Morgan fingerprint density at radius 3 is 2.66 bits per heavy atom. The Balaban J connectivity index is 1.38. The van der Waals surface area contributed by atoms with Gasteiger partial charge in [-0.05, 0) is 18.2 Å². The van der Waals surface area contributed by atoms with E-state index in [0.29, 0.717) is 16.5 Å². The third-order valence-electron chi connectivity index (χ3n) is 4.72. The van der Waals surface area contributed by atoms with Gasteiger partial charge >= 0.3 is 0 Å². The van der Waals surface area contributed by atoms with Gasteiger partial charge in [0, 0.05) is 10.6 Å². The lowest BCUT2D eigenvalue weighted by atomic mass is 10.1. The molecule has 0 aliphatic carbocycles. The van der Waals surface area contributed by atoms with Crippen LogP contribution in [-0.2, 0) is 16.1 Å². The number of imide groups is 1. The standard InChI is InChI=1S/C19H13ClN6O3/c20-12-7-4-8-13(9-12)26-18(27)15-16(19(26)28)25(24-22-15)10-14-21-17(23-29-14)11-5-2-1-3-6-11/h1-9,15-16H,10H2/t15-,16+/m1/s1. The topological polar surface area (TPSA) is 104 Å². The van der Waals surface area contributed by atoms with Gasteiger partial charge in [0.15, 0.2) is 12.1 Å². The first-order chi connectivity index (χ1) is 14.1.